The Hall–Kier alpha value is -3.00. The van der Waals surface area contributed by atoms with E-state index in [0.29, 0.717) is 24.1 Å². The number of aromatic nitrogens is 6. The average molecular weight is 419 g/mol. The predicted octanol–water partition coefficient (Wildman–Crippen LogP) is 3.97. The van der Waals surface area contributed by atoms with E-state index in [1.165, 1.54) is 12.8 Å². The van der Waals surface area contributed by atoms with Crippen LogP contribution in [0.3, 0.4) is 0 Å². The molecule has 0 saturated heterocycles. The van der Waals surface area contributed by atoms with Crippen LogP contribution in [-0.2, 0) is 0 Å². The van der Waals surface area contributed by atoms with Crippen LogP contribution in [0.2, 0.25) is 0 Å². The molecule has 8 nitrogen and oxygen atoms in total. The van der Waals surface area contributed by atoms with E-state index in [0.717, 1.165) is 46.5 Å². The SMILES string of the molecule is CN[C@H]1CC[C@H](Nc2ncc3c(-c4cnc5nc(C)n(C(C)C)c5c4)ccn3n2)CC1. The smallest absolute Gasteiger partial charge is 0.241 e. The van der Waals surface area contributed by atoms with Crippen molar-refractivity contribution in [1.29, 1.82) is 0 Å². The lowest BCUT2D eigenvalue weighted by Gasteiger charge is -2.28. The van der Waals surface area contributed by atoms with Crippen LogP contribution in [0.5, 0.6) is 0 Å². The Morgan fingerprint density at radius 2 is 1.81 bits per heavy atom. The molecule has 0 unspecified atom stereocenters. The monoisotopic (exact) mass is 418 g/mol. The molecule has 0 bridgehead atoms. The van der Waals surface area contributed by atoms with Crippen molar-refractivity contribution >= 4 is 22.6 Å². The number of rotatable bonds is 5. The van der Waals surface area contributed by atoms with E-state index in [-0.39, 0.29) is 0 Å². The Kier molecular flexibility index (Phi) is 5.09. The fraction of sp³-hybridized carbons (Fsp3) is 0.478. The van der Waals surface area contributed by atoms with Gasteiger partial charge in [-0.15, -0.1) is 5.10 Å². The number of nitrogens with one attached hydrogen (secondary N) is 2. The Morgan fingerprint density at radius 3 is 2.55 bits per heavy atom. The summed E-state index contributed by atoms with van der Waals surface area (Å²) >= 11 is 0. The van der Waals surface area contributed by atoms with Crippen molar-refractivity contribution in [2.24, 2.45) is 0 Å². The van der Waals surface area contributed by atoms with Gasteiger partial charge in [-0.05, 0) is 65.6 Å². The molecule has 0 aliphatic heterocycles. The van der Waals surface area contributed by atoms with Crippen molar-refractivity contribution in [2.45, 2.75) is 64.6 Å². The molecule has 1 saturated carbocycles. The largest absolute Gasteiger partial charge is 0.350 e. The molecule has 5 rings (SSSR count). The van der Waals surface area contributed by atoms with Crippen LogP contribution < -0.4 is 10.6 Å². The van der Waals surface area contributed by atoms with Crippen molar-refractivity contribution in [2.75, 3.05) is 12.4 Å². The molecular weight excluding hydrogens is 388 g/mol. The summed E-state index contributed by atoms with van der Waals surface area (Å²) in [6.45, 7) is 6.37. The molecule has 4 heterocycles. The molecular formula is C23H30N8. The average Bonchev–Trinajstić information content (AvgIpc) is 3.33. The zero-order valence-electron chi connectivity index (χ0n) is 18.6. The highest BCUT2D eigenvalue weighted by Gasteiger charge is 2.21. The summed E-state index contributed by atoms with van der Waals surface area (Å²) in [5.41, 5.74) is 4.93. The second-order valence-electron chi connectivity index (χ2n) is 8.81. The van der Waals surface area contributed by atoms with E-state index < -0.39 is 0 Å². The van der Waals surface area contributed by atoms with E-state index in [4.69, 9.17) is 5.10 Å². The Labute approximate surface area is 182 Å². The van der Waals surface area contributed by atoms with Crippen LogP contribution >= 0.6 is 0 Å². The molecule has 162 valence electrons. The van der Waals surface area contributed by atoms with Crippen molar-refractivity contribution in [3.8, 4) is 11.1 Å². The zero-order chi connectivity index (χ0) is 21.5. The number of aryl methyl sites for hydroxylation is 1. The number of fused-ring (bicyclic) bond motifs is 2. The molecule has 1 fully saturated rings. The van der Waals surface area contributed by atoms with Gasteiger partial charge in [0.05, 0.1) is 17.2 Å². The lowest BCUT2D eigenvalue weighted by atomic mass is 9.91. The highest BCUT2D eigenvalue weighted by Crippen LogP contribution is 2.29. The van der Waals surface area contributed by atoms with E-state index in [9.17, 15) is 0 Å². The summed E-state index contributed by atoms with van der Waals surface area (Å²) in [7, 11) is 2.05. The van der Waals surface area contributed by atoms with Gasteiger partial charge >= 0.3 is 0 Å². The first-order valence-corrected chi connectivity index (χ1v) is 11.2. The molecule has 0 atom stereocenters. The Morgan fingerprint density at radius 1 is 1.03 bits per heavy atom. The van der Waals surface area contributed by atoms with Gasteiger partial charge in [0.2, 0.25) is 5.95 Å². The summed E-state index contributed by atoms with van der Waals surface area (Å²) in [4.78, 5) is 13.8. The minimum absolute atomic E-state index is 0.327. The highest BCUT2D eigenvalue weighted by atomic mass is 15.3. The lowest BCUT2D eigenvalue weighted by Crippen LogP contribution is -2.35. The van der Waals surface area contributed by atoms with Gasteiger partial charge in [0.1, 0.15) is 5.82 Å². The van der Waals surface area contributed by atoms with E-state index >= 15 is 0 Å². The van der Waals surface area contributed by atoms with Gasteiger partial charge in [0.15, 0.2) is 5.65 Å². The van der Waals surface area contributed by atoms with Gasteiger partial charge < -0.3 is 15.2 Å². The molecule has 0 aromatic carbocycles. The summed E-state index contributed by atoms with van der Waals surface area (Å²) in [6.07, 6.45) is 10.4. The number of hydrogen-bond donors (Lipinski definition) is 2. The van der Waals surface area contributed by atoms with Crippen LogP contribution in [0.15, 0.2) is 30.7 Å². The van der Waals surface area contributed by atoms with Crippen LogP contribution in [0.4, 0.5) is 5.95 Å². The maximum Gasteiger partial charge on any atom is 0.241 e. The quantitative estimate of drug-likeness (QED) is 0.510. The summed E-state index contributed by atoms with van der Waals surface area (Å²) in [5, 5.41) is 11.6. The minimum Gasteiger partial charge on any atom is -0.350 e. The van der Waals surface area contributed by atoms with Gasteiger partial charge in [0.25, 0.3) is 0 Å². The Balaban J connectivity index is 1.43. The van der Waals surface area contributed by atoms with Gasteiger partial charge in [-0.1, -0.05) is 0 Å². The van der Waals surface area contributed by atoms with Gasteiger partial charge in [0, 0.05) is 41.6 Å². The van der Waals surface area contributed by atoms with Gasteiger partial charge in [-0.25, -0.2) is 19.5 Å². The number of imidazole rings is 1. The fourth-order valence-corrected chi connectivity index (χ4v) is 4.81. The molecule has 0 radical (unpaired) electrons. The lowest BCUT2D eigenvalue weighted by molar-refractivity contribution is 0.370. The summed E-state index contributed by atoms with van der Waals surface area (Å²) in [6, 6.07) is 5.65. The van der Waals surface area contributed by atoms with Crippen LogP contribution in [-0.4, -0.2) is 48.3 Å². The van der Waals surface area contributed by atoms with Crippen LogP contribution in [0.25, 0.3) is 27.8 Å². The van der Waals surface area contributed by atoms with E-state index in [1.54, 1.807) is 0 Å². The number of nitrogens with zero attached hydrogens (tertiary/aromatic N) is 6. The molecule has 1 aliphatic carbocycles. The van der Waals surface area contributed by atoms with Crippen molar-refractivity contribution < 1.29 is 0 Å². The first-order chi connectivity index (χ1) is 15.0. The van der Waals surface area contributed by atoms with Gasteiger partial charge in [-0.3, -0.25) is 0 Å². The van der Waals surface area contributed by atoms with Crippen LogP contribution in [0, 0.1) is 6.92 Å². The summed E-state index contributed by atoms with van der Waals surface area (Å²) < 4.78 is 4.13. The third kappa shape index (κ3) is 3.65. The first kappa shape index (κ1) is 19.9. The van der Waals surface area contributed by atoms with Crippen molar-refractivity contribution in [3.05, 3.63) is 36.5 Å². The highest BCUT2D eigenvalue weighted by molar-refractivity contribution is 5.85. The maximum absolute atomic E-state index is 4.71. The van der Waals surface area contributed by atoms with Gasteiger partial charge in [-0.2, -0.15) is 0 Å². The predicted molar refractivity (Wildman–Crippen MR) is 123 cm³/mol. The number of anilines is 1. The zero-order valence-corrected chi connectivity index (χ0v) is 18.6. The molecule has 8 heteroatoms. The molecule has 4 aromatic heterocycles. The Bertz CT molecular complexity index is 1210. The standard InChI is InChI=1S/C23H30N8/c1-14(2)31-15(3)27-22-20(31)11-16(12-25-22)19-9-10-30-21(19)13-26-23(29-30)28-18-7-5-17(24-4)6-8-18/h9-14,17-18,24H,5-8H2,1-4H3,(H,28,29)/t17-,18-. The normalized spacial score (nSPS) is 19.5. The number of pyridine rings is 1. The maximum atomic E-state index is 4.71. The second-order valence-corrected chi connectivity index (χ2v) is 8.81. The second kappa shape index (κ2) is 7.92. The molecule has 31 heavy (non-hydrogen) atoms. The van der Waals surface area contributed by atoms with E-state index in [1.807, 2.05) is 37.1 Å². The fourth-order valence-electron chi connectivity index (χ4n) is 4.81. The summed E-state index contributed by atoms with van der Waals surface area (Å²) in [5.74, 6) is 1.67. The molecule has 0 spiro atoms. The van der Waals surface area contributed by atoms with Crippen molar-refractivity contribution in [1.82, 2.24) is 34.4 Å². The molecule has 1 aliphatic rings. The van der Waals surface area contributed by atoms with E-state index in [2.05, 4.69) is 56.1 Å². The third-order valence-electron chi connectivity index (χ3n) is 6.44. The van der Waals surface area contributed by atoms with Crippen molar-refractivity contribution in [3.63, 3.8) is 0 Å². The first-order valence-electron chi connectivity index (χ1n) is 11.2. The topological polar surface area (TPSA) is 85.0 Å². The molecule has 0 amide bonds. The third-order valence-corrected chi connectivity index (χ3v) is 6.44. The van der Waals surface area contributed by atoms with Crippen LogP contribution in [0.1, 0.15) is 51.4 Å². The number of hydrogen-bond acceptors (Lipinski definition) is 6. The molecule has 2 N–H and O–H groups in total. The molecule has 4 aromatic rings. The minimum atomic E-state index is 0.327.